The summed E-state index contributed by atoms with van der Waals surface area (Å²) in [5.74, 6) is 0.901. The zero-order chi connectivity index (χ0) is 16.9. The first-order valence-corrected chi connectivity index (χ1v) is 9.28. The minimum Gasteiger partial charge on any atom is -0.383 e. The van der Waals surface area contributed by atoms with Crippen molar-refractivity contribution in [2.24, 2.45) is 4.99 Å². The van der Waals surface area contributed by atoms with Gasteiger partial charge >= 0.3 is 0 Å². The summed E-state index contributed by atoms with van der Waals surface area (Å²) < 4.78 is 5.09. The predicted molar refractivity (Wildman–Crippen MR) is 116 cm³/mol. The molecule has 0 bridgehead atoms. The van der Waals surface area contributed by atoms with Crippen LogP contribution >= 0.6 is 35.3 Å². The van der Waals surface area contributed by atoms with Crippen LogP contribution in [-0.4, -0.2) is 57.8 Å². The average molecular weight is 468 g/mol. The number of nitrogens with zero attached hydrogens (tertiary/aromatic N) is 2. The Labute approximate surface area is 168 Å². The molecule has 0 unspecified atom stereocenters. The third kappa shape index (κ3) is 10.5. The lowest BCUT2D eigenvalue weighted by molar-refractivity contribution is 0.161. The molecular formula is C17H33IN4OS. The number of aryl methyl sites for hydroxylation is 1. The third-order valence-electron chi connectivity index (χ3n) is 3.49. The normalized spacial score (nSPS) is 11.5. The Hall–Kier alpha value is -0.380. The Bertz CT molecular complexity index is 454. The van der Waals surface area contributed by atoms with Crippen molar-refractivity contribution >= 4 is 41.3 Å². The lowest BCUT2D eigenvalue weighted by Crippen LogP contribution is -2.38. The van der Waals surface area contributed by atoms with Gasteiger partial charge < -0.3 is 20.3 Å². The molecule has 0 amide bonds. The Kier molecular flexibility index (Phi) is 14.7. The molecule has 140 valence electrons. The van der Waals surface area contributed by atoms with Crippen molar-refractivity contribution in [2.45, 2.75) is 33.2 Å². The van der Waals surface area contributed by atoms with Gasteiger partial charge in [0.2, 0.25) is 0 Å². The molecule has 7 heteroatoms. The molecule has 0 spiro atoms. The lowest BCUT2D eigenvalue weighted by Gasteiger charge is -2.16. The van der Waals surface area contributed by atoms with Crippen LogP contribution in [0.5, 0.6) is 0 Å². The van der Waals surface area contributed by atoms with E-state index in [4.69, 9.17) is 4.74 Å². The predicted octanol–water partition coefficient (Wildman–Crippen LogP) is 2.95. The second-order valence-electron chi connectivity index (χ2n) is 5.49. The van der Waals surface area contributed by atoms with Gasteiger partial charge in [0.25, 0.3) is 0 Å². The largest absolute Gasteiger partial charge is 0.383 e. The molecule has 0 saturated heterocycles. The highest BCUT2D eigenvalue weighted by atomic mass is 127. The summed E-state index contributed by atoms with van der Waals surface area (Å²) >= 11 is 1.85. The van der Waals surface area contributed by atoms with Gasteiger partial charge in [0, 0.05) is 36.5 Å². The van der Waals surface area contributed by atoms with Crippen molar-refractivity contribution in [1.29, 1.82) is 0 Å². The van der Waals surface area contributed by atoms with E-state index in [-0.39, 0.29) is 24.0 Å². The topological polar surface area (TPSA) is 48.9 Å². The fraction of sp³-hybridized carbons (Fsp3) is 0.706. The van der Waals surface area contributed by atoms with E-state index in [9.17, 15) is 0 Å². The molecule has 2 N–H and O–H groups in total. The van der Waals surface area contributed by atoms with E-state index < -0.39 is 0 Å². The van der Waals surface area contributed by atoms with E-state index in [0.717, 1.165) is 58.1 Å². The summed E-state index contributed by atoms with van der Waals surface area (Å²) in [7, 11) is 3.87. The number of aliphatic imine (C=N–C) groups is 1. The number of guanidine groups is 1. The first kappa shape index (κ1) is 23.6. The fourth-order valence-corrected chi connectivity index (χ4v) is 2.99. The number of rotatable bonds is 11. The molecule has 0 fully saturated rings. The van der Waals surface area contributed by atoms with Crippen molar-refractivity contribution in [2.75, 3.05) is 46.9 Å². The highest BCUT2D eigenvalue weighted by Gasteiger charge is 2.01. The molecule has 0 atom stereocenters. The summed E-state index contributed by atoms with van der Waals surface area (Å²) in [6.45, 7) is 9.65. The second-order valence-corrected chi connectivity index (χ2v) is 6.75. The number of nitrogens with one attached hydrogen (secondary N) is 2. The molecule has 1 rings (SSSR count). The Balaban J connectivity index is 0.00000529. The Morgan fingerprint density at radius 2 is 1.96 bits per heavy atom. The number of methoxy groups -OCH3 is 1. The highest BCUT2D eigenvalue weighted by molar-refractivity contribution is 14.0. The summed E-state index contributed by atoms with van der Waals surface area (Å²) in [6, 6.07) is 4.38. The number of hydrogen-bond acceptors (Lipinski definition) is 4. The van der Waals surface area contributed by atoms with Crippen molar-refractivity contribution < 1.29 is 4.74 Å². The molecule has 5 nitrogen and oxygen atoms in total. The summed E-state index contributed by atoms with van der Waals surface area (Å²) in [4.78, 5) is 9.70. The van der Waals surface area contributed by atoms with Crippen LogP contribution in [0.1, 0.15) is 30.0 Å². The molecular weight excluding hydrogens is 435 g/mol. The van der Waals surface area contributed by atoms with Crippen LogP contribution in [0.15, 0.2) is 17.1 Å². The number of ether oxygens (including phenoxy) is 1. The first-order chi connectivity index (χ1) is 11.2. The van der Waals surface area contributed by atoms with Gasteiger partial charge in [-0.25, -0.2) is 4.99 Å². The summed E-state index contributed by atoms with van der Waals surface area (Å²) in [6.07, 6.45) is 2.19. The molecule has 0 aromatic carbocycles. The van der Waals surface area contributed by atoms with E-state index in [1.807, 2.05) is 11.3 Å². The number of halogens is 1. The van der Waals surface area contributed by atoms with Gasteiger partial charge in [-0.05, 0) is 45.5 Å². The molecule has 24 heavy (non-hydrogen) atoms. The molecule has 1 aromatic rings. The maximum atomic E-state index is 5.09. The Morgan fingerprint density at radius 1 is 1.21 bits per heavy atom. The van der Waals surface area contributed by atoms with E-state index in [1.54, 1.807) is 7.11 Å². The van der Waals surface area contributed by atoms with Gasteiger partial charge in [0.05, 0.1) is 13.2 Å². The second kappa shape index (κ2) is 14.9. The van der Waals surface area contributed by atoms with Crippen LogP contribution in [0, 0.1) is 0 Å². The lowest BCUT2D eigenvalue weighted by atomic mass is 10.3. The van der Waals surface area contributed by atoms with Crippen LogP contribution in [0.25, 0.3) is 0 Å². The smallest absolute Gasteiger partial charge is 0.191 e. The summed E-state index contributed by atoms with van der Waals surface area (Å²) in [5.41, 5.74) is 0. The van der Waals surface area contributed by atoms with Crippen molar-refractivity contribution in [3.8, 4) is 0 Å². The monoisotopic (exact) mass is 468 g/mol. The number of thiophene rings is 1. The molecule has 0 radical (unpaired) electrons. The maximum Gasteiger partial charge on any atom is 0.191 e. The van der Waals surface area contributed by atoms with Gasteiger partial charge in [-0.2, -0.15) is 0 Å². The van der Waals surface area contributed by atoms with E-state index in [0.29, 0.717) is 0 Å². The zero-order valence-electron chi connectivity index (χ0n) is 15.4. The quantitative estimate of drug-likeness (QED) is 0.227. The molecule has 0 aliphatic carbocycles. The highest BCUT2D eigenvalue weighted by Crippen LogP contribution is 2.17. The molecule has 0 aliphatic heterocycles. The van der Waals surface area contributed by atoms with E-state index >= 15 is 0 Å². The van der Waals surface area contributed by atoms with Gasteiger partial charge in [-0.3, -0.25) is 0 Å². The van der Waals surface area contributed by atoms with E-state index in [1.165, 1.54) is 9.75 Å². The van der Waals surface area contributed by atoms with Crippen LogP contribution in [-0.2, 0) is 17.7 Å². The maximum absolute atomic E-state index is 5.09. The summed E-state index contributed by atoms with van der Waals surface area (Å²) in [5, 5.41) is 6.71. The fourth-order valence-electron chi connectivity index (χ4n) is 2.11. The molecule has 1 heterocycles. The van der Waals surface area contributed by atoms with Crippen LogP contribution in [0.3, 0.4) is 0 Å². The molecule has 0 saturated carbocycles. The minimum atomic E-state index is 0. The first-order valence-electron chi connectivity index (χ1n) is 8.46. The number of hydrogen-bond donors (Lipinski definition) is 2. The van der Waals surface area contributed by atoms with Crippen molar-refractivity contribution in [1.82, 2.24) is 15.5 Å². The van der Waals surface area contributed by atoms with Crippen LogP contribution in [0.2, 0.25) is 0 Å². The molecule has 0 aliphatic rings. The average Bonchev–Trinajstić information content (AvgIpc) is 3.02. The third-order valence-corrected chi connectivity index (χ3v) is 4.70. The zero-order valence-corrected chi connectivity index (χ0v) is 18.6. The SMILES string of the molecule is CCNC(=NCc1ccc(CC)s1)NCCCN(C)CCOC.I. The van der Waals surface area contributed by atoms with Crippen molar-refractivity contribution in [3.05, 3.63) is 21.9 Å². The minimum absolute atomic E-state index is 0. The van der Waals surface area contributed by atoms with Crippen LogP contribution < -0.4 is 10.6 Å². The molecule has 1 aromatic heterocycles. The van der Waals surface area contributed by atoms with Crippen LogP contribution in [0.4, 0.5) is 0 Å². The van der Waals surface area contributed by atoms with Gasteiger partial charge in [-0.15, -0.1) is 35.3 Å². The van der Waals surface area contributed by atoms with Gasteiger partial charge in [0.15, 0.2) is 5.96 Å². The van der Waals surface area contributed by atoms with Crippen molar-refractivity contribution in [3.63, 3.8) is 0 Å². The van der Waals surface area contributed by atoms with Gasteiger partial charge in [-0.1, -0.05) is 6.92 Å². The number of likely N-dealkylation sites (N-methyl/N-ethyl adjacent to an activating group) is 1. The Morgan fingerprint density at radius 3 is 2.58 bits per heavy atom. The van der Waals surface area contributed by atoms with Gasteiger partial charge in [0.1, 0.15) is 0 Å². The standard InChI is InChI=1S/C17H32N4OS.HI/c1-5-15-8-9-16(23-15)14-20-17(18-6-2)19-10-7-11-21(3)12-13-22-4;/h8-9H,5-7,10-14H2,1-4H3,(H2,18,19,20);1H. The van der Waals surface area contributed by atoms with E-state index in [2.05, 4.69) is 53.6 Å².